The van der Waals surface area contributed by atoms with Crippen molar-refractivity contribution in [1.82, 2.24) is 24.8 Å². The van der Waals surface area contributed by atoms with Gasteiger partial charge in [-0.3, -0.25) is 4.90 Å². The molecule has 1 aromatic carbocycles. The summed E-state index contributed by atoms with van der Waals surface area (Å²) in [5, 5.41) is 8.85. The Morgan fingerprint density at radius 3 is 2.31 bits per heavy atom. The largest absolute Gasteiger partial charge is 0.447 e. The van der Waals surface area contributed by atoms with Gasteiger partial charge in [0.1, 0.15) is 23.8 Å². The summed E-state index contributed by atoms with van der Waals surface area (Å²) >= 11 is 0. The van der Waals surface area contributed by atoms with E-state index >= 15 is 0 Å². The number of carbonyl (C=O) groups excluding carboxylic acids is 1. The van der Waals surface area contributed by atoms with Crippen LogP contribution in [0.15, 0.2) is 36.4 Å². The number of likely N-dealkylation sites (tertiary alicyclic amines) is 1. The zero-order valence-corrected chi connectivity index (χ0v) is 18.1. The number of cyclic esters (lactones) is 1. The molecule has 0 unspecified atom stereocenters. The number of nitrogens with zero attached hydrogens (tertiary/aromatic N) is 4. The summed E-state index contributed by atoms with van der Waals surface area (Å²) in [5.41, 5.74) is -3.44. The average Bonchev–Trinajstić information content (AvgIpc) is 3.38. The van der Waals surface area contributed by atoms with E-state index < -0.39 is 52.9 Å². The number of carbonyl (C=O) groups is 1. The van der Waals surface area contributed by atoms with Gasteiger partial charge in [-0.2, -0.15) is 36.0 Å². The summed E-state index contributed by atoms with van der Waals surface area (Å²) in [6.45, 7) is 0.734. The maximum atomic E-state index is 13.5. The molecule has 2 aliphatic heterocycles. The number of nitrogens with one attached hydrogen (secondary N) is 2. The molecule has 0 saturated carbocycles. The summed E-state index contributed by atoms with van der Waals surface area (Å²) in [5.74, 6) is -0.855. The monoisotopic (exact) mass is 518 g/mol. The standard InChI is InChI=1S/C21H17F7N6O2/c22-12-3-1-11(2-4-12)13(33-8-19(9-33)10-36-18(35)31-19)7-29-16-5-14(20(23,24)25)30-17-6-15(21(26,27)28)32-34(16)17/h1-6,13,29H,7-10H2,(H,31,35)/t13-/m0/s1. The predicted molar refractivity (Wildman–Crippen MR) is 109 cm³/mol. The minimum atomic E-state index is -4.91. The second-order valence-corrected chi connectivity index (χ2v) is 8.66. The Kier molecular flexibility index (Phi) is 5.50. The molecule has 1 spiro atoms. The molecule has 2 N–H and O–H groups in total. The number of amides is 1. The molecule has 2 saturated heterocycles. The van der Waals surface area contributed by atoms with Crippen LogP contribution < -0.4 is 10.6 Å². The molecule has 5 rings (SSSR count). The SMILES string of the molecule is O=C1NC2(CO1)CN([C@@H](CNc1cc(C(F)(F)F)nc3cc(C(F)(F)F)nn13)c1ccc(F)cc1)C2. The van der Waals surface area contributed by atoms with Gasteiger partial charge in [0.05, 0.1) is 6.04 Å². The molecule has 2 fully saturated rings. The fourth-order valence-corrected chi connectivity index (χ4v) is 4.34. The number of aromatic nitrogens is 3. The molecule has 0 radical (unpaired) electrons. The van der Waals surface area contributed by atoms with Crippen molar-refractivity contribution in [3.63, 3.8) is 0 Å². The van der Waals surface area contributed by atoms with Crippen LogP contribution in [-0.2, 0) is 17.1 Å². The molecule has 192 valence electrons. The number of benzene rings is 1. The molecule has 1 amide bonds. The third-order valence-corrected chi connectivity index (χ3v) is 6.04. The second kappa shape index (κ2) is 8.21. The van der Waals surface area contributed by atoms with Crippen LogP contribution in [0.2, 0.25) is 0 Å². The van der Waals surface area contributed by atoms with Gasteiger partial charge in [-0.05, 0) is 17.7 Å². The molecule has 2 aliphatic rings. The van der Waals surface area contributed by atoms with Gasteiger partial charge in [0, 0.05) is 31.8 Å². The molecular formula is C21H17F7N6O2. The van der Waals surface area contributed by atoms with Gasteiger partial charge in [0.15, 0.2) is 17.0 Å². The Bertz CT molecular complexity index is 1300. The highest BCUT2D eigenvalue weighted by Gasteiger charge is 2.51. The van der Waals surface area contributed by atoms with Gasteiger partial charge in [-0.25, -0.2) is 14.2 Å². The lowest BCUT2D eigenvalue weighted by atomic mass is 9.88. The molecular weight excluding hydrogens is 501 g/mol. The van der Waals surface area contributed by atoms with Crippen LogP contribution in [0.4, 0.5) is 41.3 Å². The first-order chi connectivity index (χ1) is 16.8. The Hall–Kier alpha value is -3.62. The van der Waals surface area contributed by atoms with Gasteiger partial charge >= 0.3 is 18.4 Å². The van der Waals surface area contributed by atoms with E-state index in [0.29, 0.717) is 35.3 Å². The number of hydrogen-bond donors (Lipinski definition) is 2. The molecule has 4 heterocycles. The van der Waals surface area contributed by atoms with Crippen LogP contribution in [0.3, 0.4) is 0 Å². The molecule has 1 atom stereocenters. The fourth-order valence-electron chi connectivity index (χ4n) is 4.34. The summed E-state index contributed by atoms with van der Waals surface area (Å²) < 4.78 is 98.8. The van der Waals surface area contributed by atoms with Gasteiger partial charge in [-0.15, -0.1) is 0 Å². The van der Waals surface area contributed by atoms with Crippen LogP contribution >= 0.6 is 0 Å². The summed E-state index contributed by atoms with van der Waals surface area (Å²) in [7, 11) is 0. The van der Waals surface area contributed by atoms with Crippen molar-refractivity contribution in [2.75, 3.05) is 31.6 Å². The van der Waals surface area contributed by atoms with Gasteiger partial charge in [0.25, 0.3) is 0 Å². The van der Waals surface area contributed by atoms with Crippen molar-refractivity contribution >= 4 is 17.6 Å². The van der Waals surface area contributed by atoms with Crippen molar-refractivity contribution in [2.45, 2.75) is 23.9 Å². The van der Waals surface area contributed by atoms with Crippen LogP contribution in [0.5, 0.6) is 0 Å². The number of rotatable bonds is 5. The van der Waals surface area contributed by atoms with E-state index in [9.17, 15) is 35.5 Å². The van der Waals surface area contributed by atoms with E-state index in [-0.39, 0.29) is 19.0 Å². The van der Waals surface area contributed by atoms with Gasteiger partial charge in [0.2, 0.25) is 0 Å². The molecule has 8 nitrogen and oxygen atoms in total. The maximum Gasteiger partial charge on any atom is 0.435 e. The molecule has 36 heavy (non-hydrogen) atoms. The Balaban J connectivity index is 1.46. The zero-order valence-electron chi connectivity index (χ0n) is 18.1. The van der Waals surface area contributed by atoms with Crippen LogP contribution in [0.1, 0.15) is 23.0 Å². The number of alkyl halides is 6. The van der Waals surface area contributed by atoms with Crippen molar-refractivity contribution < 1.29 is 40.3 Å². The lowest BCUT2D eigenvalue weighted by molar-refractivity contribution is -0.142. The average molecular weight is 518 g/mol. The third kappa shape index (κ3) is 4.50. The predicted octanol–water partition coefficient (Wildman–Crippen LogP) is 3.85. The fraction of sp³-hybridized carbons (Fsp3) is 0.381. The van der Waals surface area contributed by atoms with Crippen molar-refractivity contribution in [2.24, 2.45) is 0 Å². The molecule has 15 heteroatoms. The smallest absolute Gasteiger partial charge is 0.435 e. The van der Waals surface area contributed by atoms with E-state index in [1.807, 2.05) is 4.90 Å². The Labute approximate surface area is 198 Å². The van der Waals surface area contributed by atoms with Crippen molar-refractivity contribution in [1.29, 1.82) is 0 Å². The second-order valence-electron chi connectivity index (χ2n) is 8.66. The van der Waals surface area contributed by atoms with Gasteiger partial charge < -0.3 is 15.4 Å². The lowest BCUT2D eigenvalue weighted by Gasteiger charge is -2.50. The first-order valence-electron chi connectivity index (χ1n) is 10.6. The highest BCUT2D eigenvalue weighted by molar-refractivity contribution is 5.71. The minimum Gasteiger partial charge on any atom is -0.447 e. The number of anilines is 1. The molecule has 2 aromatic heterocycles. The third-order valence-electron chi connectivity index (χ3n) is 6.04. The quantitative estimate of drug-likeness (QED) is 0.500. The lowest BCUT2D eigenvalue weighted by Crippen LogP contribution is -2.69. The van der Waals surface area contributed by atoms with Crippen LogP contribution in [-0.4, -0.2) is 57.4 Å². The van der Waals surface area contributed by atoms with Crippen LogP contribution in [0.25, 0.3) is 5.65 Å². The number of alkyl carbamates (subject to hydrolysis) is 1. The first-order valence-corrected chi connectivity index (χ1v) is 10.6. The van der Waals surface area contributed by atoms with E-state index in [4.69, 9.17) is 4.74 Å². The number of hydrogen-bond acceptors (Lipinski definition) is 6. The highest BCUT2D eigenvalue weighted by atomic mass is 19.4. The van der Waals surface area contributed by atoms with E-state index in [1.54, 1.807) is 0 Å². The van der Waals surface area contributed by atoms with E-state index in [0.717, 1.165) is 0 Å². The topological polar surface area (TPSA) is 83.8 Å². The van der Waals surface area contributed by atoms with E-state index in [1.165, 1.54) is 24.3 Å². The summed E-state index contributed by atoms with van der Waals surface area (Å²) in [6, 6.07) is 5.89. The van der Waals surface area contributed by atoms with Gasteiger partial charge in [-0.1, -0.05) is 12.1 Å². The van der Waals surface area contributed by atoms with E-state index in [2.05, 4.69) is 20.7 Å². The van der Waals surface area contributed by atoms with Crippen molar-refractivity contribution in [3.8, 4) is 0 Å². The Morgan fingerprint density at radius 1 is 1.06 bits per heavy atom. The summed E-state index contributed by atoms with van der Waals surface area (Å²) in [4.78, 5) is 16.6. The Morgan fingerprint density at radius 2 is 1.72 bits per heavy atom. The molecule has 3 aromatic rings. The maximum absolute atomic E-state index is 13.5. The van der Waals surface area contributed by atoms with Crippen molar-refractivity contribution in [3.05, 3.63) is 59.2 Å². The number of ether oxygens (including phenoxy) is 1. The number of fused-ring (bicyclic) bond motifs is 1. The minimum absolute atomic E-state index is 0.0753. The zero-order chi connectivity index (χ0) is 25.9. The first kappa shape index (κ1) is 24.1. The molecule has 0 bridgehead atoms. The van der Waals surface area contributed by atoms with Crippen LogP contribution in [0, 0.1) is 5.82 Å². The summed E-state index contributed by atoms with van der Waals surface area (Å²) in [6.07, 6.45) is -10.4. The number of halogens is 7. The highest BCUT2D eigenvalue weighted by Crippen LogP contribution is 2.36. The molecule has 0 aliphatic carbocycles. The normalized spacial score (nSPS) is 18.7.